The summed E-state index contributed by atoms with van der Waals surface area (Å²) in [6.45, 7) is 2.19. The highest BCUT2D eigenvalue weighted by atomic mass is 16.5. The van der Waals surface area contributed by atoms with Crippen LogP contribution in [0.25, 0.3) is 0 Å². The fourth-order valence-electron chi connectivity index (χ4n) is 2.91. The van der Waals surface area contributed by atoms with E-state index in [1.807, 2.05) is 24.3 Å². The van der Waals surface area contributed by atoms with Gasteiger partial charge < -0.3 is 15.0 Å². The lowest BCUT2D eigenvalue weighted by atomic mass is 10.0. The number of hydrogen-bond acceptors (Lipinski definition) is 3. The molecule has 0 radical (unpaired) electrons. The van der Waals surface area contributed by atoms with Gasteiger partial charge in [0.05, 0.1) is 7.11 Å². The van der Waals surface area contributed by atoms with Crippen molar-refractivity contribution in [3.05, 3.63) is 29.8 Å². The summed E-state index contributed by atoms with van der Waals surface area (Å²) in [5.74, 6) is 1.05. The Hall–Kier alpha value is -2.04. The van der Waals surface area contributed by atoms with Crippen LogP contribution in [0.3, 0.4) is 0 Å². The first kappa shape index (κ1) is 13.9. The van der Waals surface area contributed by atoms with E-state index in [0.29, 0.717) is 12.5 Å². The van der Waals surface area contributed by atoms with E-state index in [2.05, 4.69) is 5.32 Å². The van der Waals surface area contributed by atoms with Crippen molar-refractivity contribution in [2.24, 2.45) is 5.92 Å². The van der Waals surface area contributed by atoms with Crippen LogP contribution >= 0.6 is 0 Å². The average Bonchev–Trinajstić information content (AvgIpc) is 3.29. The molecule has 1 N–H and O–H groups in total. The standard InChI is InChI=1S/C16H20N2O3/c1-10-16(20)18(14(12-6-7-12)15(19)17-10)9-11-4-3-5-13(8-11)21-2/h3-5,8,10,12,14H,6-7,9H2,1-2H3,(H,17,19). The summed E-state index contributed by atoms with van der Waals surface area (Å²) in [5, 5.41) is 2.78. The van der Waals surface area contributed by atoms with Gasteiger partial charge in [0.2, 0.25) is 11.8 Å². The number of nitrogens with zero attached hydrogens (tertiary/aromatic N) is 1. The van der Waals surface area contributed by atoms with E-state index in [1.54, 1.807) is 18.9 Å². The second-order valence-corrected chi connectivity index (χ2v) is 5.83. The minimum Gasteiger partial charge on any atom is -0.497 e. The highest BCUT2D eigenvalue weighted by Gasteiger charge is 2.46. The fraction of sp³-hybridized carbons (Fsp3) is 0.500. The SMILES string of the molecule is COc1cccc(CN2C(=O)C(C)NC(=O)C2C2CC2)c1. The summed E-state index contributed by atoms with van der Waals surface area (Å²) in [4.78, 5) is 26.4. The summed E-state index contributed by atoms with van der Waals surface area (Å²) in [5.41, 5.74) is 0.982. The van der Waals surface area contributed by atoms with Crippen LogP contribution in [-0.2, 0) is 16.1 Å². The van der Waals surface area contributed by atoms with Crippen molar-refractivity contribution < 1.29 is 14.3 Å². The van der Waals surface area contributed by atoms with Crippen molar-refractivity contribution in [2.75, 3.05) is 7.11 Å². The first-order chi connectivity index (χ1) is 10.1. The Labute approximate surface area is 124 Å². The van der Waals surface area contributed by atoms with Crippen LogP contribution in [0.2, 0.25) is 0 Å². The van der Waals surface area contributed by atoms with Crippen LogP contribution in [0.1, 0.15) is 25.3 Å². The third kappa shape index (κ3) is 2.73. The van der Waals surface area contributed by atoms with E-state index in [1.165, 1.54) is 0 Å². The third-order valence-electron chi connectivity index (χ3n) is 4.17. The van der Waals surface area contributed by atoms with E-state index in [0.717, 1.165) is 24.2 Å². The molecule has 2 aliphatic rings. The summed E-state index contributed by atoms with van der Waals surface area (Å²) in [7, 11) is 1.62. The first-order valence-corrected chi connectivity index (χ1v) is 7.34. The molecule has 1 saturated carbocycles. The zero-order valence-corrected chi connectivity index (χ0v) is 12.3. The van der Waals surface area contributed by atoms with Crippen LogP contribution in [0.5, 0.6) is 5.75 Å². The predicted octanol–water partition coefficient (Wildman–Crippen LogP) is 1.32. The molecule has 1 aliphatic heterocycles. The van der Waals surface area contributed by atoms with Crippen LogP contribution in [0.4, 0.5) is 0 Å². The van der Waals surface area contributed by atoms with Crippen LogP contribution in [0.15, 0.2) is 24.3 Å². The second kappa shape index (κ2) is 5.39. The van der Waals surface area contributed by atoms with Crippen molar-refractivity contribution in [3.63, 3.8) is 0 Å². The van der Waals surface area contributed by atoms with Gasteiger partial charge in [0.15, 0.2) is 0 Å². The topological polar surface area (TPSA) is 58.6 Å². The van der Waals surface area contributed by atoms with Crippen molar-refractivity contribution in [1.82, 2.24) is 10.2 Å². The van der Waals surface area contributed by atoms with E-state index in [4.69, 9.17) is 4.74 Å². The number of carbonyl (C=O) groups excluding carboxylic acids is 2. The molecule has 2 unspecified atom stereocenters. The maximum atomic E-state index is 12.5. The monoisotopic (exact) mass is 288 g/mol. The lowest BCUT2D eigenvalue weighted by Gasteiger charge is -2.38. The highest BCUT2D eigenvalue weighted by Crippen LogP contribution is 2.37. The van der Waals surface area contributed by atoms with Gasteiger partial charge in [0.1, 0.15) is 17.8 Å². The number of ether oxygens (including phenoxy) is 1. The lowest BCUT2D eigenvalue weighted by Crippen LogP contribution is -2.62. The van der Waals surface area contributed by atoms with E-state index in [9.17, 15) is 9.59 Å². The molecule has 0 bridgehead atoms. The molecule has 21 heavy (non-hydrogen) atoms. The number of carbonyl (C=O) groups is 2. The van der Waals surface area contributed by atoms with Crippen molar-refractivity contribution >= 4 is 11.8 Å². The second-order valence-electron chi connectivity index (χ2n) is 5.83. The number of nitrogens with one attached hydrogen (secondary N) is 1. The zero-order valence-electron chi connectivity index (χ0n) is 12.3. The molecule has 112 valence electrons. The van der Waals surface area contributed by atoms with Gasteiger partial charge in [-0.1, -0.05) is 12.1 Å². The van der Waals surface area contributed by atoms with Crippen LogP contribution in [0, 0.1) is 5.92 Å². The minimum absolute atomic E-state index is 0.00526. The molecule has 2 amide bonds. The molecule has 1 aromatic rings. The van der Waals surface area contributed by atoms with Gasteiger partial charge in [-0.25, -0.2) is 0 Å². The molecular weight excluding hydrogens is 268 g/mol. The van der Waals surface area contributed by atoms with Crippen LogP contribution in [-0.4, -0.2) is 35.9 Å². The molecule has 0 aromatic heterocycles. The maximum absolute atomic E-state index is 12.5. The smallest absolute Gasteiger partial charge is 0.245 e. The molecule has 2 atom stereocenters. The first-order valence-electron chi connectivity index (χ1n) is 7.34. The molecule has 1 heterocycles. The summed E-state index contributed by atoms with van der Waals surface area (Å²) in [6.07, 6.45) is 2.04. The Morgan fingerprint density at radius 1 is 1.33 bits per heavy atom. The number of amides is 2. The van der Waals surface area contributed by atoms with Crippen molar-refractivity contribution in [3.8, 4) is 5.75 Å². The number of hydrogen-bond donors (Lipinski definition) is 1. The summed E-state index contributed by atoms with van der Waals surface area (Å²) >= 11 is 0. The lowest BCUT2D eigenvalue weighted by molar-refractivity contribution is -0.150. The maximum Gasteiger partial charge on any atom is 0.245 e. The molecule has 5 heteroatoms. The van der Waals surface area contributed by atoms with Crippen LogP contribution < -0.4 is 10.1 Å². The third-order valence-corrected chi connectivity index (χ3v) is 4.17. The quantitative estimate of drug-likeness (QED) is 0.909. The minimum atomic E-state index is -0.446. The molecule has 1 saturated heterocycles. The fourth-order valence-corrected chi connectivity index (χ4v) is 2.91. The Balaban J connectivity index is 1.85. The molecule has 1 aromatic carbocycles. The Morgan fingerprint density at radius 2 is 2.10 bits per heavy atom. The molecule has 1 aliphatic carbocycles. The Morgan fingerprint density at radius 3 is 2.76 bits per heavy atom. The molecule has 5 nitrogen and oxygen atoms in total. The van der Waals surface area contributed by atoms with Gasteiger partial charge >= 0.3 is 0 Å². The number of methoxy groups -OCH3 is 1. The van der Waals surface area contributed by atoms with E-state index in [-0.39, 0.29) is 17.9 Å². The van der Waals surface area contributed by atoms with Gasteiger partial charge in [-0.05, 0) is 43.4 Å². The Kier molecular flexibility index (Phi) is 3.57. The van der Waals surface area contributed by atoms with E-state index >= 15 is 0 Å². The largest absolute Gasteiger partial charge is 0.497 e. The number of rotatable bonds is 4. The summed E-state index contributed by atoms with van der Waals surface area (Å²) < 4.78 is 5.22. The molecule has 2 fully saturated rings. The zero-order chi connectivity index (χ0) is 15.0. The highest BCUT2D eigenvalue weighted by molar-refractivity contribution is 5.97. The number of benzene rings is 1. The summed E-state index contributed by atoms with van der Waals surface area (Å²) in [6, 6.07) is 6.87. The van der Waals surface area contributed by atoms with Gasteiger partial charge in [0, 0.05) is 6.54 Å². The molecular formula is C16H20N2O3. The number of piperazine rings is 1. The Bertz CT molecular complexity index is 568. The van der Waals surface area contributed by atoms with Gasteiger partial charge in [0.25, 0.3) is 0 Å². The van der Waals surface area contributed by atoms with Gasteiger partial charge in [-0.15, -0.1) is 0 Å². The van der Waals surface area contributed by atoms with Gasteiger partial charge in [-0.2, -0.15) is 0 Å². The van der Waals surface area contributed by atoms with Crippen molar-refractivity contribution in [1.29, 1.82) is 0 Å². The van der Waals surface area contributed by atoms with Gasteiger partial charge in [-0.3, -0.25) is 9.59 Å². The normalized spacial score (nSPS) is 25.7. The predicted molar refractivity (Wildman–Crippen MR) is 77.7 cm³/mol. The molecule has 3 rings (SSSR count). The van der Waals surface area contributed by atoms with E-state index < -0.39 is 6.04 Å². The average molecular weight is 288 g/mol. The molecule has 0 spiro atoms. The van der Waals surface area contributed by atoms with Crippen molar-refractivity contribution in [2.45, 2.75) is 38.4 Å².